The van der Waals surface area contributed by atoms with Gasteiger partial charge >= 0.3 is 6.04 Å². The van der Waals surface area contributed by atoms with Crippen LogP contribution in [0.3, 0.4) is 0 Å². The summed E-state index contributed by atoms with van der Waals surface area (Å²) in [5, 5.41) is 17.8. The van der Waals surface area contributed by atoms with E-state index in [4.69, 9.17) is 11.1 Å². The Hall–Kier alpha value is -1.99. The van der Waals surface area contributed by atoms with Crippen LogP contribution in [0.1, 0.15) is 0 Å². The monoisotopic (exact) mass is 198 g/mol. The molecule has 1 rings (SSSR count). The van der Waals surface area contributed by atoms with Crippen LogP contribution in [-0.4, -0.2) is 47.6 Å². The first kappa shape index (κ1) is 10.1. The number of hydrogen-bond acceptors (Lipinski definition) is 5. The van der Waals surface area contributed by atoms with E-state index in [0.717, 1.165) is 0 Å². The summed E-state index contributed by atoms with van der Waals surface area (Å²) in [6.45, 7) is 0. The summed E-state index contributed by atoms with van der Waals surface area (Å²) in [6.07, 6.45) is 0. The number of nitrogens with one attached hydrogen (secondary N) is 1. The van der Waals surface area contributed by atoms with E-state index in [0.29, 0.717) is 0 Å². The topological polar surface area (TPSA) is 121 Å². The zero-order valence-electron chi connectivity index (χ0n) is 7.76. The van der Waals surface area contributed by atoms with Gasteiger partial charge < -0.3 is 10.6 Å². The maximum absolute atomic E-state index is 10.7. The number of aliphatic imine (C=N–C) groups is 2. The summed E-state index contributed by atoms with van der Waals surface area (Å²) in [5.74, 6) is -0.407. The Morgan fingerprint density at radius 2 is 2.14 bits per heavy atom. The van der Waals surface area contributed by atoms with Crippen LogP contribution in [0, 0.1) is 15.5 Å². The van der Waals surface area contributed by atoms with Crippen molar-refractivity contribution in [2.24, 2.45) is 15.7 Å². The third-order valence-corrected chi connectivity index (χ3v) is 1.65. The molecule has 0 amide bonds. The van der Waals surface area contributed by atoms with Crippen molar-refractivity contribution < 1.29 is 4.92 Å². The van der Waals surface area contributed by atoms with Gasteiger partial charge in [-0.1, -0.05) is 0 Å². The highest BCUT2D eigenvalue weighted by Gasteiger charge is 2.36. The van der Waals surface area contributed by atoms with Crippen LogP contribution in [0.15, 0.2) is 9.98 Å². The fourth-order valence-electron chi connectivity index (χ4n) is 1.06. The molecular formula is C6H10N6O2. The van der Waals surface area contributed by atoms with Gasteiger partial charge in [-0.05, 0) is 0 Å². The molecule has 0 radical (unpaired) electrons. The second-order valence-electron chi connectivity index (χ2n) is 2.91. The van der Waals surface area contributed by atoms with Crippen molar-refractivity contribution in [2.45, 2.75) is 6.04 Å². The molecule has 0 saturated heterocycles. The lowest BCUT2D eigenvalue weighted by Crippen LogP contribution is -2.50. The molecule has 1 atom stereocenters. The minimum absolute atomic E-state index is 0.118. The Morgan fingerprint density at radius 1 is 1.57 bits per heavy atom. The summed E-state index contributed by atoms with van der Waals surface area (Å²) in [5.41, 5.74) is 5.36. The fourth-order valence-corrected chi connectivity index (χ4v) is 1.06. The van der Waals surface area contributed by atoms with Gasteiger partial charge in [-0.2, -0.15) is 9.98 Å². The minimum atomic E-state index is -1.25. The van der Waals surface area contributed by atoms with Crippen molar-refractivity contribution in [1.29, 1.82) is 5.41 Å². The van der Waals surface area contributed by atoms with Crippen molar-refractivity contribution in [3.05, 3.63) is 10.1 Å². The van der Waals surface area contributed by atoms with Gasteiger partial charge in [0.05, 0.1) is 0 Å². The molecule has 8 heteroatoms. The zero-order valence-corrected chi connectivity index (χ0v) is 7.76. The molecular weight excluding hydrogens is 188 g/mol. The number of likely N-dealkylation sites (N-methyl/N-ethyl adjacent to an activating group) is 1. The minimum Gasteiger partial charge on any atom is -0.381 e. The van der Waals surface area contributed by atoms with E-state index in [-0.39, 0.29) is 17.6 Å². The second kappa shape index (κ2) is 3.40. The van der Waals surface area contributed by atoms with Gasteiger partial charge in [0.15, 0.2) is 11.7 Å². The van der Waals surface area contributed by atoms with E-state index >= 15 is 0 Å². The fraction of sp³-hybridized carbons (Fsp3) is 0.500. The van der Waals surface area contributed by atoms with Crippen molar-refractivity contribution in [1.82, 2.24) is 4.90 Å². The number of nitrogens with two attached hydrogens (primary N) is 1. The molecule has 1 heterocycles. The van der Waals surface area contributed by atoms with Gasteiger partial charge in [-0.15, -0.1) is 0 Å². The number of rotatable bonds is 1. The summed E-state index contributed by atoms with van der Waals surface area (Å²) in [6, 6.07) is -1.25. The van der Waals surface area contributed by atoms with Crippen molar-refractivity contribution in [2.75, 3.05) is 14.1 Å². The Bertz CT molecular complexity index is 344. The van der Waals surface area contributed by atoms with E-state index in [1.165, 1.54) is 4.90 Å². The lowest BCUT2D eigenvalue weighted by Gasteiger charge is -2.20. The van der Waals surface area contributed by atoms with Crippen LogP contribution in [0.2, 0.25) is 0 Å². The van der Waals surface area contributed by atoms with Crippen molar-refractivity contribution >= 4 is 17.6 Å². The Morgan fingerprint density at radius 3 is 2.57 bits per heavy atom. The third kappa shape index (κ3) is 1.68. The van der Waals surface area contributed by atoms with E-state index in [1.807, 2.05) is 0 Å². The quantitative estimate of drug-likeness (QED) is 0.410. The first-order chi connectivity index (χ1) is 6.43. The lowest BCUT2D eigenvalue weighted by molar-refractivity contribution is -0.485. The van der Waals surface area contributed by atoms with E-state index < -0.39 is 11.0 Å². The average molecular weight is 198 g/mol. The molecule has 0 aromatic heterocycles. The number of nitro groups is 1. The van der Waals surface area contributed by atoms with Crippen molar-refractivity contribution in [3.8, 4) is 0 Å². The first-order valence-corrected chi connectivity index (χ1v) is 3.75. The molecule has 0 fully saturated rings. The van der Waals surface area contributed by atoms with E-state index in [1.54, 1.807) is 14.1 Å². The predicted molar refractivity (Wildman–Crippen MR) is 51.3 cm³/mol. The molecule has 1 unspecified atom stereocenters. The average Bonchev–Trinajstić information content (AvgIpc) is 2.01. The molecule has 76 valence electrons. The molecule has 0 spiro atoms. The molecule has 0 aromatic carbocycles. The van der Waals surface area contributed by atoms with Crippen LogP contribution >= 0.6 is 0 Å². The van der Waals surface area contributed by atoms with Crippen LogP contribution in [0.4, 0.5) is 0 Å². The van der Waals surface area contributed by atoms with Gasteiger partial charge in [0.1, 0.15) is 0 Å². The Kier molecular flexibility index (Phi) is 2.45. The van der Waals surface area contributed by atoms with Crippen molar-refractivity contribution in [3.63, 3.8) is 0 Å². The Balaban J connectivity index is 3.12. The highest BCUT2D eigenvalue weighted by molar-refractivity contribution is 6.17. The summed E-state index contributed by atoms with van der Waals surface area (Å²) in [7, 11) is 3.20. The lowest BCUT2D eigenvalue weighted by atomic mass is 10.2. The van der Waals surface area contributed by atoms with Gasteiger partial charge in [0.2, 0.25) is 5.96 Å². The molecule has 8 nitrogen and oxygen atoms in total. The first-order valence-electron chi connectivity index (χ1n) is 3.75. The number of amidine groups is 2. The summed E-state index contributed by atoms with van der Waals surface area (Å²) >= 11 is 0. The molecule has 14 heavy (non-hydrogen) atoms. The highest BCUT2D eigenvalue weighted by Crippen LogP contribution is 2.05. The van der Waals surface area contributed by atoms with Gasteiger partial charge in [0.25, 0.3) is 0 Å². The maximum Gasteiger partial charge on any atom is 0.325 e. The standard InChI is InChI=1S/C6H10N6O2/c1-11(2)5-3(12(13)14)4(7)9-6(8)10-5/h3H,1-2H3,(H3,7,8,9). The highest BCUT2D eigenvalue weighted by atomic mass is 16.6. The molecule has 0 saturated carbocycles. The van der Waals surface area contributed by atoms with Gasteiger partial charge in [-0.25, -0.2) is 0 Å². The smallest absolute Gasteiger partial charge is 0.325 e. The second-order valence-corrected chi connectivity index (χ2v) is 2.91. The summed E-state index contributed by atoms with van der Waals surface area (Å²) in [4.78, 5) is 18.6. The largest absolute Gasteiger partial charge is 0.381 e. The number of hydrogen-bond donors (Lipinski definition) is 2. The number of guanidine groups is 1. The van der Waals surface area contributed by atoms with Crippen LogP contribution in [-0.2, 0) is 0 Å². The molecule has 0 aromatic rings. The third-order valence-electron chi connectivity index (χ3n) is 1.65. The van der Waals surface area contributed by atoms with E-state index in [2.05, 4.69) is 9.98 Å². The maximum atomic E-state index is 10.7. The summed E-state index contributed by atoms with van der Waals surface area (Å²) < 4.78 is 0. The van der Waals surface area contributed by atoms with Gasteiger partial charge in [-0.3, -0.25) is 15.5 Å². The van der Waals surface area contributed by atoms with Crippen LogP contribution < -0.4 is 5.73 Å². The molecule has 0 aliphatic carbocycles. The van der Waals surface area contributed by atoms with Gasteiger partial charge in [0, 0.05) is 19.0 Å². The van der Waals surface area contributed by atoms with Crippen LogP contribution in [0.5, 0.6) is 0 Å². The molecule has 1 aliphatic heterocycles. The van der Waals surface area contributed by atoms with Crippen LogP contribution in [0.25, 0.3) is 0 Å². The normalized spacial score (nSPS) is 21.3. The zero-order chi connectivity index (χ0) is 10.9. The molecule has 3 N–H and O–H groups in total. The molecule has 1 aliphatic rings. The molecule has 0 bridgehead atoms. The Labute approximate surface area is 79.8 Å². The van der Waals surface area contributed by atoms with E-state index in [9.17, 15) is 10.1 Å². The SMILES string of the molecule is CN(C)C1=NC(=N)N=C(N)C1[N+](=O)[O-]. The number of nitrogens with zero attached hydrogens (tertiary/aromatic N) is 4. The predicted octanol–water partition coefficient (Wildman–Crippen LogP) is -1.10.